The zero-order valence-electron chi connectivity index (χ0n) is 6.48. The summed E-state index contributed by atoms with van der Waals surface area (Å²) in [6.45, 7) is 1.77. The molecule has 0 atom stereocenters. The average Bonchev–Trinajstić information content (AvgIpc) is 2.32. The van der Waals surface area contributed by atoms with Crippen LogP contribution >= 0.6 is 23.2 Å². The Bertz CT molecular complexity index is 319. The van der Waals surface area contributed by atoms with Gasteiger partial charge in [-0.2, -0.15) is 0 Å². The molecular formula is C7H6Cl2O2Se. The molecule has 0 aliphatic rings. The second kappa shape index (κ2) is 3.84. The predicted molar refractivity (Wildman–Crippen MR) is 49.5 cm³/mol. The second-order valence-electron chi connectivity index (χ2n) is 2.14. The molecule has 0 radical (unpaired) electrons. The molecule has 12 heavy (non-hydrogen) atoms. The van der Waals surface area contributed by atoms with Crippen LogP contribution in [-0.2, 0) is 4.74 Å². The average molecular weight is 272 g/mol. The molecule has 1 rings (SSSR count). The van der Waals surface area contributed by atoms with E-state index in [0.717, 1.165) is 5.56 Å². The van der Waals surface area contributed by atoms with Crippen LogP contribution in [0.3, 0.4) is 0 Å². The van der Waals surface area contributed by atoms with Gasteiger partial charge in [-0.05, 0) is 0 Å². The molecule has 1 aromatic rings. The zero-order valence-corrected chi connectivity index (χ0v) is 9.71. The molecule has 0 fully saturated rings. The summed E-state index contributed by atoms with van der Waals surface area (Å²) >= 11 is 11.4. The maximum absolute atomic E-state index is 11.1. The van der Waals surface area contributed by atoms with Crippen molar-refractivity contribution in [1.82, 2.24) is 0 Å². The van der Waals surface area contributed by atoms with Crippen molar-refractivity contribution in [3.8, 4) is 0 Å². The van der Waals surface area contributed by atoms with E-state index in [-0.39, 0.29) is 20.5 Å². The summed E-state index contributed by atoms with van der Waals surface area (Å²) < 4.78 is 5.76. The fourth-order valence-corrected chi connectivity index (χ4v) is 3.48. The maximum atomic E-state index is 11.1. The molecule has 0 aliphatic carbocycles. The SMILES string of the molecule is COC(=O)c1[se]c(Cl)c(Cl)c1C. The fraction of sp³-hybridized carbons (Fsp3) is 0.286. The van der Waals surface area contributed by atoms with Crippen LogP contribution in [0.5, 0.6) is 0 Å². The third kappa shape index (κ3) is 1.69. The molecule has 1 heterocycles. The Balaban J connectivity index is 3.17. The third-order valence-corrected chi connectivity index (χ3v) is 5.04. The van der Waals surface area contributed by atoms with Crippen molar-refractivity contribution < 1.29 is 9.53 Å². The van der Waals surface area contributed by atoms with Crippen LogP contribution in [0, 0.1) is 6.92 Å². The summed E-state index contributed by atoms with van der Waals surface area (Å²) in [4.78, 5) is 11.1. The van der Waals surface area contributed by atoms with Crippen LogP contribution in [0.4, 0.5) is 0 Å². The summed E-state index contributed by atoms with van der Waals surface area (Å²) in [5, 5.41) is 0.497. The van der Waals surface area contributed by atoms with E-state index in [0.29, 0.717) is 13.4 Å². The van der Waals surface area contributed by atoms with Gasteiger partial charge in [-0.1, -0.05) is 0 Å². The Morgan fingerprint density at radius 3 is 2.42 bits per heavy atom. The molecule has 0 saturated heterocycles. The molecule has 0 aromatic carbocycles. The van der Waals surface area contributed by atoms with E-state index in [2.05, 4.69) is 4.74 Å². The van der Waals surface area contributed by atoms with Crippen molar-refractivity contribution in [2.24, 2.45) is 0 Å². The van der Waals surface area contributed by atoms with Crippen LogP contribution in [0.25, 0.3) is 0 Å². The van der Waals surface area contributed by atoms with Crippen LogP contribution < -0.4 is 0 Å². The van der Waals surface area contributed by atoms with E-state index in [9.17, 15) is 4.79 Å². The molecule has 1 aromatic heterocycles. The quantitative estimate of drug-likeness (QED) is 0.578. The monoisotopic (exact) mass is 272 g/mol. The molecule has 0 aliphatic heterocycles. The summed E-state index contributed by atoms with van der Waals surface area (Å²) in [6, 6.07) is 0. The van der Waals surface area contributed by atoms with E-state index in [1.807, 2.05) is 0 Å². The van der Waals surface area contributed by atoms with E-state index in [1.165, 1.54) is 7.11 Å². The first-order valence-electron chi connectivity index (χ1n) is 3.10. The first-order chi connectivity index (χ1) is 5.57. The van der Waals surface area contributed by atoms with Gasteiger partial charge in [0.2, 0.25) is 0 Å². The number of hydrogen-bond donors (Lipinski definition) is 0. The van der Waals surface area contributed by atoms with E-state index in [4.69, 9.17) is 23.2 Å². The van der Waals surface area contributed by atoms with Crippen LogP contribution in [0.2, 0.25) is 8.92 Å². The number of rotatable bonds is 1. The van der Waals surface area contributed by atoms with E-state index in [1.54, 1.807) is 6.92 Å². The van der Waals surface area contributed by atoms with Crippen molar-refractivity contribution in [2.45, 2.75) is 6.92 Å². The van der Waals surface area contributed by atoms with Crippen LogP contribution in [-0.4, -0.2) is 27.6 Å². The summed E-state index contributed by atoms with van der Waals surface area (Å²) in [7, 11) is 1.35. The molecule has 2 nitrogen and oxygen atoms in total. The Kier molecular flexibility index (Phi) is 3.24. The van der Waals surface area contributed by atoms with Gasteiger partial charge in [-0.25, -0.2) is 0 Å². The first-order valence-corrected chi connectivity index (χ1v) is 5.57. The molecular weight excluding hydrogens is 266 g/mol. The molecule has 66 valence electrons. The van der Waals surface area contributed by atoms with Crippen LogP contribution in [0.15, 0.2) is 0 Å². The minimum atomic E-state index is -0.332. The number of carbonyl (C=O) groups excluding carboxylic acids is 1. The van der Waals surface area contributed by atoms with E-state index >= 15 is 0 Å². The third-order valence-electron chi connectivity index (χ3n) is 1.40. The van der Waals surface area contributed by atoms with Gasteiger partial charge in [0, 0.05) is 0 Å². The van der Waals surface area contributed by atoms with E-state index < -0.39 is 0 Å². The van der Waals surface area contributed by atoms with Gasteiger partial charge in [0.15, 0.2) is 0 Å². The second-order valence-corrected chi connectivity index (χ2v) is 5.54. The molecule has 0 spiro atoms. The zero-order chi connectivity index (χ0) is 9.30. The molecule has 0 bridgehead atoms. The number of halogens is 2. The predicted octanol–water partition coefficient (Wildman–Crippen LogP) is 2.15. The Labute approximate surface area is 86.2 Å². The molecule has 5 heteroatoms. The Morgan fingerprint density at radius 1 is 1.50 bits per heavy atom. The van der Waals surface area contributed by atoms with Crippen molar-refractivity contribution in [3.63, 3.8) is 0 Å². The van der Waals surface area contributed by atoms with Gasteiger partial charge in [0.1, 0.15) is 0 Å². The number of esters is 1. The number of ether oxygens (including phenoxy) is 1. The van der Waals surface area contributed by atoms with Gasteiger partial charge in [-0.3, -0.25) is 0 Å². The van der Waals surface area contributed by atoms with Crippen molar-refractivity contribution in [3.05, 3.63) is 18.9 Å². The van der Waals surface area contributed by atoms with Gasteiger partial charge < -0.3 is 0 Å². The van der Waals surface area contributed by atoms with Gasteiger partial charge >= 0.3 is 86.2 Å². The topological polar surface area (TPSA) is 26.3 Å². The molecule has 0 saturated carbocycles. The first kappa shape index (κ1) is 10.1. The normalized spacial score (nSPS) is 10.0. The van der Waals surface area contributed by atoms with Crippen molar-refractivity contribution in [1.29, 1.82) is 0 Å². The summed E-state index contributed by atoms with van der Waals surface area (Å²) in [6.07, 6.45) is 0. The standard InChI is InChI=1S/C7H6Cl2O2Se/c1-3-4(8)6(9)12-5(3)7(10)11-2/h1-2H3. The Hall–Kier alpha value is 0.0495. The summed E-state index contributed by atoms with van der Waals surface area (Å²) in [5.41, 5.74) is 0.744. The number of carbonyl (C=O) groups is 1. The van der Waals surface area contributed by atoms with Gasteiger partial charge in [-0.15, -0.1) is 0 Å². The molecule has 0 amide bonds. The molecule has 0 unspecified atom stereocenters. The van der Waals surface area contributed by atoms with Crippen LogP contribution in [0.1, 0.15) is 14.8 Å². The number of methoxy groups -OCH3 is 1. The molecule has 0 N–H and O–H groups in total. The van der Waals surface area contributed by atoms with Gasteiger partial charge in [0.25, 0.3) is 0 Å². The minimum absolute atomic E-state index is 0.171. The van der Waals surface area contributed by atoms with Crippen molar-refractivity contribution in [2.75, 3.05) is 7.11 Å². The summed E-state index contributed by atoms with van der Waals surface area (Å²) in [5.74, 6) is -0.332. The van der Waals surface area contributed by atoms with Gasteiger partial charge in [0.05, 0.1) is 0 Å². The number of hydrogen-bond acceptors (Lipinski definition) is 2. The van der Waals surface area contributed by atoms with Crippen molar-refractivity contribution >= 4 is 43.7 Å². The fourth-order valence-electron chi connectivity index (χ4n) is 0.746. The Morgan fingerprint density at radius 2 is 2.08 bits per heavy atom.